The van der Waals surface area contributed by atoms with Gasteiger partial charge in [-0.15, -0.1) is 0 Å². The molecule has 0 unspecified atom stereocenters. The monoisotopic (exact) mass is 315 g/mol. The zero-order valence-corrected chi connectivity index (χ0v) is 13.4. The Kier molecular flexibility index (Phi) is 4.73. The van der Waals surface area contributed by atoms with E-state index < -0.39 is 0 Å². The van der Waals surface area contributed by atoms with Crippen LogP contribution in [0.2, 0.25) is 0 Å². The molecular weight excluding hydrogens is 298 g/mol. The number of hydrogen-bond donors (Lipinski definition) is 1. The van der Waals surface area contributed by atoms with Crippen molar-refractivity contribution in [2.75, 3.05) is 12.4 Å². The summed E-state index contributed by atoms with van der Waals surface area (Å²) in [6, 6.07) is 19.7. The lowest BCUT2D eigenvalue weighted by Crippen LogP contribution is -2.02. The molecule has 1 aromatic heterocycles. The molecule has 0 aliphatic rings. The summed E-state index contributed by atoms with van der Waals surface area (Å²) in [6.45, 7) is 0.608. The number of benzene rings is 2. The molecule has 3 aromatic rings. The SMILES string of the molecule is COc1ccc(-c2ccncc2)cc1CNc1cccc(C#N)c1. The number of nitriles is 1. The van der Waals surface area contributed by atoms with Gasteiger partial charge in [-0.1, -0.05) is 12.1 Å². The van der Waals surface area contributed by atoms with E-state index in [1.54, 1.807) is 25.6 Å². The molecule has 0 radical (unpaired) electrons. The van der Waals surface area contributed by atoms with Crippen molar-refractivity contribution in [3.8, 4) is 22.9 Å². The van der Waals surface area contributed by atoms with Crippen LogP contribution in [-0.2, 0) is 6.54 Å². The lowest BCUT2D eigenvalue weighted by atomic mass is 10.0. The van der Waals surface area contributed by atoms with E-state index in [1.165, 1.54) is 0 Å². The van der Waals surface area contributed by atoms with Crippen LogP contribution in [0.4, 0.5) is 5.69 Å². The number of rotatable bonds is 5. The molecule has 24 heavy (non-hydrogen) atoms. The number of aromatic nitrogens is 1. The Labute approximate surface area is 141 Å². The third-order valence-corrected chi connectivity index (χ3v) is 3.77. The second kappa shape index (κ2) is 7.30. The Balaban J connectivity index is 1.85. The summed E-state index contributed by atoms with van der Waals surface area (Å²) in [5.74, 6) is 0.830. The molecule has 0 amide bonds. The van der Waals surface area contributed by atoms with Crippen LogP contribution < -0.4 is 10.1 Å². The Morgan fingerprint density at radius 1 is 1.04 bits per heavy atom. The Morgan fingerprint density at radius 2 is 1.88 bits per heavy atom. The van der Waals surface area contributed by atoms with Gasteiger partial charge in [-0.2, -0.15) is 5.26 Å². The molecular formula is C20H17N3O. The van der Waals surface area contributed by atoms with Crippen LogP contribution in [0.3, 0.4) is 0 Å². The number of ether oxygens (including phenoxy) is 1. The van der Waals surface area contributed by atoms with Gasteiger partial charge in [0.1, 0.15) is 5.75 Å². The first-order valence-electron chi connectivity index (χ1n) is 7.61. The molecule has 4 nitrogen and oxygen atoms in total. The van der Waals surface area contributed by atoms with E-state index in [0.29, 0.717) is 12.1 Å². The van der Waals surface area contributed by atoms with E-state index in [0.717, 1.165) is 28.1 Å². The highest BCUT2D eigenvalue weighted by molar-refractivity contribution is 5.65. The van der Waals surface area contributed by atoms with Gasteiger partial charge >= 0.3 is 0 Å². The zero-order valence-electron chi connectivity index (χ0n) is 13.4. The lowest BCUT2D eigenvalue weighted by molar-refractivity contribution is 0.410. The summed E-state index contributed by atoms with van der Waals surface area (Å²) in [6.07, 6.45) is 3.57. The molecule has 1 heterocycles. The summed E-state index contributed by atoms with van der Waals surface area (Å²) in [7, 11) is 1.67. The highest BCUT2D eigenvalue weighted by Gasteiger charge is 2.06. The zero-order chi connectivity index (χ0) is 16.8. The van der Waals surface area contributed by atoms with Crippen molar-refractivity contribution < 1.29 is 4.74 Å². The first kappa shape index (κ1) is 15.6. The van der Waals surface area contributed by atoms with Gasteiger partial charge in [0.05, 0.1) is 18.7 Å². The molecule has 0 aliphatic heterocycles. The third kappa shape index (κ3) is 3.53. The van der Waals surface area contributed by atoms with Crippen molar-refractivity contribution in [3.05, 3.63) is 78.1 Å². The molecule has 0 bridgehead atoms. The van der Waals surface area contributed by atoms with Crippen molar-refractivity contribution in [1.82, 2.24) is 4.98 Å². The molecule has 0 saturated heterocycles. The maximum Gasteiger partial charge on any atom is 0.123 e. The van der Waals surface area contributed by atoms with Gasteiger partial charge in [0.2, 0.25) is 0 Å². The molecule has 0 saturated carbocycles. The standard InChI is InChI=1S/C20H17N3O/c1-24-20-6-5-17(16-7-9-22-10-8-16)12-18(20)14-23-19-4-2-3-15(11-19)13-21/h2-12,23H,14H2,1H3. The minimum atomic E-state index is 0.608. The molecule has 0 aliphatic carbocycles. The van der Waals surface area contributed by atoms with Crippen LogP contribution in [0, 0.1) is 11.3 Å². The average molecular weight is 315 g/mol. The minimum Gasteiger partial charge on any atom is -0.496 e. The van der Waals surface area contributed by atoms with Crippen LogP contribution >= 0.6 is 0 Å². The fraction of sp³-hybridized carbons (Fsp3) is 0.100. The smallest absolute Gasteiger partial charge is 0.123 e. The Hall–Kier alpha value is -3.32. The van der Waals surface area contributed by atoms with E-state index in [1.807, 2.05) is 42.5 Å². The van der Waals surface area contributed by atoms with Gasteiger partial charge in [-0.25, -0.2) is 0 Å². The number of methoxy groups -OCH3 is 1. The average Bonchev–Trinajstić information content (AvgIpc) is 2.67. The fourth-order valence-corrected chi connectivity index (χ4v) is 2.54. The van der Waals surface area contributed by atoms with E-state index in [2.05, 4.69) is 22.4 Å². The van der Waals surface area contributed by atoms with Gasteiger partial charge in [0.25, 0.3) is 0 Å². The summed E-state index contributed by atoms with van der Waals surface area (Å²) >= 11 is 0. The topological polar surface area (TPSA) is 57.9 Å². The van der Waals surface area contributed by atoms with Crippen molar-refractivity contribution in [2.45, 2.75) is 6.54 Å². The first-order chi connectivity index (χ1) is 11.8. The largest absolute Gasteiger partial charge is 0.496 e. The maximum absolute atomic E-state index is 8.99. The summed E-state index contributed by atoms with van der Waals surface area (Å²) in [5.41, 5.74) is 4.82. The number of nitrogens with one attached hydrogen (secondary N) is 1. The Morgan fingerprint density at radius 3 is 2.62 bits per heavy atom. The molecule has 2 aromatic carbocycles. The van der Waals surface area contributed by atoms with E-state index in [9.17, 15) is 0 Å². The quantitative estimate of drug-likeness (QED) is 0.765. The second-order valence-electron chi connectivity index (χ2n) is 5.31. The first-order valence-corrected chi connectivity index (χ1v) is 7.61. The summed E-state index contributed by atoms with van der Waals surface area (Å²) < 4.78 is 5.46. The van der Waals surface area contributed by atoms with Gasteiger partial charge in [-0.3, -0.25) is 4.98 Å². The second-order valence-corrected chi connectivity index (χ2v) is 5.31. The molecule has 1 N–H and O–H groups in total. The summed E-state index contributed by atoms with van der Waals surface area (Å²) in [5, 5.41) is 12.3. The van der Waals surface area contributed by atoms with Crippen LogP contribution in [0.25, 0.3) is 11.1 Å². The molecule has 0 fully saturated rings. The molecule has 118 valence electrons. The van der Waals surface area contributed by atoms with Crippen LogP contribution in [0.1, 0.15) is 11.1 Å². The molecule has 3 rings (SSSR count). The van der Waals surface area contributed by atoms with Crippen molar-refractivity contribution in [1.29, 1.82) is 5.26 Å². The van der Waals surface area contributed by atoms with Gasteiger partial charge < -0.3 is 10.1 Å². The number of anilines is 1. The van der Waals surface area contributed by atoms with Crippen LogP contribution in [-0.4, -0.2) is 12.1 Å². The highest BCUT2D eigenvalue weighted by Crippen LogP contribution is 2.27. The van der Waals surface area contributed by atoms with Gasteiger partial charge in [-0.05, 0) is 53.6 Å². The number of pyridine rings is 1. The normalized spacial score (nSPS) is 10.0. The van der Waals surface area contributed by atoms with Crippen molar-refractivity contribution in [2.24, 2.45) is 0 Å². The maximum atomic E-state index is 8.99. The van der Waals surface area contributed by atoms with E-state index in [4.69, 9.17) is 10.00 Å². The molecule has 4 heteroatoms. The predicted molar refractivity (Wildman–Crippen MR) is 94.7 cm³/mol. The van der Waals surface area contributed by atoms with Crippen LogP contribution in [0.5, 0.6) is 5.75 Å². The van der Waals surface area contributed by atoms with E-state index in [-0.39, 0.29) is 0 Å². The van der Waals surface area contributed by atoms with Crippen molar-refractivity contribution in [3.63, 3.8) is 0 Å². The molecule has 0 spiro atoms. The third-order valence-electron chi connectivity index (χ3n) is 3.77. The van der Waals surface area contributed by atoms with Gasteiger partial charge in [0.15, 0.2) is 0 Å². The van der Waals surface area contributed by atoms with Crippen molar-refractivity contribution >= 4 is 5.69 Å². The molecule has 0 atom stereocenters. The highest BCUT2D eigenvalue weighted by atomic mass is 16.5. The number of nitrogens with zero attached hydrogens (tertiary/aromatic N) is 2. The lowest BCUT2D eigenvalue weighted by Gasteiger charge is -2.13. The van der Waals surface area contributed by atoms with E-state index >= 15 is 0 Å². The van der Waals surface area contributed by atoms with Crippen LogP contribution in [0.15, 0.2) is 67.0 Å². The van der Waals surface area contributed by atoms with Gasteiger partial charge in [0, 0.05) is 30.2 Å². The summed E-state index contributed by atoms with van der Waals surface area (Å²) in [4.78, 5) is 4.06. The minimum absolute atomic E-state index is 0.608. The fourth-order valence-electron chi connectivity index (χ4n) is 2.54. The predicted octanol–water partition coefficient (Wildman–Crippen LogP) is 4.24. The Bertz CT molecular complexity index is 870. The number of hydrogen-bond acceptors (Lipinski definition) is 4.